The quantitative estimate of drug-likeness (QED) is 0.657. The van der Waals surface area contributed by atoms with E-state index in [-0.39, 0.29) is 0 Å². The van der Waals surface area contributed by atoms with Crippen molar-refractivity contribution < 1.29 is 0 Å². The van der Waals surface area contributed by atoms with Crippen molar-refractivity contribution in [1.82, 2.24) is 14.7 Å². The van der Waals surface area contributed by atoms with Crippen molar-refractivity contribution in [2.24, 2.45) is 7.05 Å². The van der Waals surface area contributed by atoms with E-state index in [1.54, 1.807) is 0 Å². The van der Waals surface area contributed by atoms with Crippen molar-refractivity contribution in [3.05, 3.63) is 17.0 Å². The second-order valence-electron chi connectivity index (χ2n) is 3.52. The number of hydrogen-bond acceptors (Lipinski definition) is 2. The van der Waals surface area contributed by atoms with Crippen LogP contribution in [-0.2, 0) is 13.6 Å². The molecular weight excluding hydrogens is 150 g/mol. The van der Waals surface area contributed by atoms with Crippen LogP contribution >= 0.6 is 0 Å². The summed E-state index contributed by atoms with van der Waals surface area (Å²) in [6.07, 6.45) is 0. The summed E-state index contributed by atoms with van der Waals surface area (Å²) in [7, 11) is 6.11. The van der Waals surface area contributed by atoms with Crippen molar-refractivity contribution in [3.8, 4) is 0 Å². The Labute approximate surface area is 74.0 Å². The van der Waals surface area contributed by atoms with E-state index in [4.69, 9.17) is 0 Å². The molecule has 0 aliphatic rings. The molecule has 0 atom stereocenters. The van der Waals surface area contributed by atoms with Crippen molar-refractivity contribution >= 4 is 0 Å². The van der Waals surface area contributed by atoms with Crippen LogP contribution in [0.5, 0.6) is 0 Å². The fourth-order valence-corrected chi connectivity index (χ4v) is 1.23. The molecule has 0 aliphatic carbocycles. The first-order valence-electron chi connectivity index (χ1n) is 4.16. The molecule has 0 aromatic carbocycles. The zero-order chi connectivity index (χ0) is 9.30. The highest BCUT2D eigenvalue weighted by atomic mass is 15.3. The molecule has 0 saturated carbocycles. The first-order chi connectivity index (χ1) is 5.52. The van der Waals surface area contributed by atoms with Gasteiger partial charge in [-0.05, 0) is 33.5 Å². The van der Waals surface area contributed by atoms with Gasteiger partial charge in [0, 0.05) is 19.3 Å². The molecular formula is C9H17N3. The molecule has 0 aliphatic heterocycles. The van der Waals surface area contributed by atoms with Crippen LogP contribution < -0.4 is 0 Å². The highest BCUT2D eigenvalue weighted by Gasteiger charge is 2.08. The summed E-state index contributed by atoms with van der Waals surface area (Å²) in [5, 5.41) is 4.42. The topological polar surface area (TPSA) is 21.1 Å². The molecule has 0 bridgehead atoms. The predicted octanol–water partition coefficient (Wildman–Crippen LogP) is 1.10. The van der Waals surface area contributed by atoms with Crippen LogP contribution in [0.25, 0.3) is 0 Å². The summed E-state index contributed by atoms with van der Waals surface area (Å²) in [6, 6.07) is 0. The summed E-state index contributed by atoms with van der Waals surface area (Å²) < 4.78 is 1.94. The standard InChI is InChI=1S/C9H17N3/c1-7-8(2)12(5)10-9(7)6-11(3)4/h6H2,1-5H3. The van der Waals surface area contributed by atoms with Gasteiger partial charge in [0.2, 0.25) is 0 Å². The van der Waals surface area contributed by atoms with Crippen LogP contribution in [0.3, 0.4) is 0 Å². The molecule has 3 heteroatoms. The molecule has 0 spiro atoms. The number of aromatic nitrogens is 2. The van der Waals surface area contributed by atoms with Crippen LogP contribution in [0.2, 0.25) is 0 Å². The molecule has 1 rings (SSSR count). The largest absolute Gasteiger partial charge is 0.303 e. The third kappa shape index (κ3) is 1.67. The molecule has 0 amide bonds. The van der Waals surface area contributed by atoms with E-state index >= 15 is 0 Å². The Bertz CT molecular complexity index is 274. The maximum absolute atomic E-state index is 4.42. The summed E-state index contributed by atoms with van der Waals surface area (Å²) in [5.41, 5.74) is 3.75. The van der Waals surface area contributed by atoms with Gasteiger partial charge in [-0.15, -0.1) is 0 Å². The fourth-order valence-electron chi connectivity index (χ4n) is 1.23. The Morgan fingerprint density at radius 3 is 2.25 bits per heavy atom. The minimum absolute atomic E-state index is 0.924. The van der Waals surface area contributed by atoms with Crippen molar-refractivity contribution in [2.75, 3.05) is 14.1 Å². The van der Waals surface area contributed by atoms with E-state index in [2.05, 4.69) is 37.9 Å². The van der Waals surface area contributed by atoms with E-state index in [9.17, 15) is 0 Å². The van der Waals surface area contributed by atoms with Crippen molar-refractivity contribution in [1.29, 1.82) is 0 Å². The molecule has 0 N–H and O–H groups in total. The minimum atomic E-state index is 0.924. The molecule has 0 unspecified atom stereocenters. The smallest absolute Gasteiger partial charge is 0.0796 e. The van der Waals surface area contributed by atoms with E-state index < -0.39 is 0 Å². The number of aryl methyl sites for hydroxylation is 1. The van der Waals surface area contributed by atoms with Gasteiger partial charge in [-0.25, -0.2) is 0 Å². The third-order valence-corrected chi connectivity index (χ3v) is 2.20. The summed E-state index contributed by atoms with van der Waals surface area (Å²) in [6.45, 7) is 5.15. The second kappa shape index (κ2) is 3.27. The van der Waals surface area contributed by atoms with Crippen molar-refractivity contribution in [3.63, 3.8) is 0 Å². The van der Waals surface area contributed by atoms with Gasteiger partial charge in [-0.3, -0.25) is 4.68 Å². The first-order valence-corrected chi connectivity index (χ1v) is 4.16. The van der Waals surface area contributed by atoms with Gasteiger partial charge in [0.25, 0.3) is 0 Å². The van der Waals surface area contributed by atoms with Crippen LogP contribution in [0.4, 0.5) is 0 Å². The van der Waals surface area contributed by atoms with Crippen LogP contribution in [-0.4, -0.2) is 28.8 Å². The van der Waals surface area contributed by atoms with Gasteiger partial charge in [-0.2, -0.15) is 5.10 Å². The SMILES string of the molecule is Cc1c(CN(C)C)nn(C)c1C. The predicted molar refractivity (Wildman–Crippen MR) is 50.1 cm³/mol. The lowest BCUT2D eigenvalue weighted by molar-refractivity contribution is 0.394. The minimum Gasteiger partial charge on any atom is -0.303 e. The highest BCUT2D eigenvalue weighted by Crippen LogP contribution is 2.11. The van der Waals surface area contributed by atoms with Crippen molar-refractivity contribution in [2.45, 2.75) is 20.4 Å². The molecule has 12 heavy (non-hydrogen) atoms. The molecule has 1 aromatic rings. The lowest BCUT2D eigenvalue weighted by atomic mass is 10.2. The van der Waals surface area contributed by atoms with Crippen LogP contribution in [0.15, 0.2) is 0 Å². The second-order valence-corrected chi connectivity index (χ2v) is 3.52. The highest BCUT2D eigenvalue weighted by molar-refractivity contribution is 5.23. The molecule has 68 valence electrons. The molecule has 1 heterocycles. The Kier molecular flexibility index (Phi) is 2.52. The molecule has 0 saturated heterocycles. The van der Waals surface area contributed by atoms with Gasteiger partial charge in [-0.1, -0.05) is 0 Å². The third-order valence-electron chi connectivity index (χ3n) is 2.20. The van der Waals surface area contributed by atoms with Crippen LogP contribution in [0.1, 0.15) is 17.0 Å². The molecule has 3 nitrogen and oxygen atoms in total. The molecule has 0 radical (unpaired) electrons. The average Bonchev–Trinajstić information content (AvgIpc) is 2.17. The Hall–Kier alpha value is -0.830. The number of rotatable bonds is 2. The van der Waals surface area contributed by atoms with Gasteiger partial charge in [0.15, 0.2) is 0 Å². The maximum Gasteiger partial charge on any atom is 0.0796 e. The lowest BCUT2D eigenvalue weighted by Gasteiger charge is -2.06. The average molecular weight is 167 g/mol. The zero-order valence-corrected chi connectivity index (χ0v) is 8.55. The Morgan fingerprint density at radius 1 is 1.33 bits per heavy atom. The monoisotopic (exact) mass is 167 g/mol. The number of hydrogen-bond donors (Lipinski definition) is 0. The Balaban J connectivity index is 2.93. The normalized spacial score (nSPS) is 11.2. The van der Waals surface area contributed by atoms with Gasteiger partial charge in [0.1, 0.15) is 0 Å². The van der Waals surface area contributed by atoms with E-state index in [0.29, 0.717) is 0 Å². The van der Waals surface area contributed by atoms with E-state index in [1.807, 2.05) is 11.7 Å². The van der Waals surface area contributed by atoms with Crippen LogP contribution in [0, 0.1) is 13.8 Å². The number of nitrogens with zero attached hydrogens (tertiary/aromatic N) is 3. The summed E-state index contributed by atoms with van der Waals surface area (Å²) in [4.78, 5) is 2.13. The summed E-state index contributed by atoms with van der Waals surface area (Å²) >= 11 is 0. The zero-order valence-electron chi connectivity index (χ0n) is 8.55. The lowest BCUT2D eigenvalue weighted by Crippen LogP contribution is -2.12. The van der Waals surface area contributed by atoms with E-state index in [0.717, 1.165) is 6.54 Å². The fraction of sp³-hybridized carbons (Fsp3) is 0.667. The summed E-state index contributed by atoms with van der Waals surface area (Å²) in [5.74, 6) is 0. The van der Waals surface area contributed by atoms with Gasteiger partial charge < -0.3 is 4.90 Å². The van der Waals surface area contributed by atoms with Gasteiger partial charge >= 0.3 is 0 Å². The Morgan fingerprint density at radius 2 is 1.92 bits per heavy atom. The molecule has 1 aromatic heterocycles. The van der Waals surface area contributed by atoms with E-state index in [1.165, 1.54) is 17.0 Å². The van der Waals surface area contributed by atoms with Gasteiger partial charge in [0.05, 0.1) is 5.69 Å². The maximum atomic E-state index is 4.42. The first kappa shape index (κ1) is 9.26. The molecule has 0 fully saturated rings.